The van der Waals surface area contributed by atoms with Crippen LogP contribution in [0.5, 0.6) is 5.75 Å². The molecule has 4 aromatic rings. The van der Waals surface area contributed by atoms with Gasteiger partial charge in [-0.25, -0.2) is 0 Å². The van der Waals surface area contributed by atoms with E-state index >= 15 is 0 Å². The molecular weight excluding hydrogens is 478 g/mol. The number of para-hydroxylation sites is 2. The number of anilines is 3. The van der Waals surface area contributed by atoms with Crippen LogP contribution >= 0.6 is 0 Å². The topological polar surface area (TPSA) is 87.7 Å². The van der Waals surface area contributed by atoms with Gasteiger partial charge in [0.25, 0.3) is 11.8 Å². The van der Waals surface area contributed by atoms with E-state index in [-0.39, 0.29) is 30.7 Å². The van der Waals surface area contributed by atoms with Crippen molar-refractivity contribution in [1.82, 2.24) is 0 Å². The summed E-state index contributed by atoms with van der Waals surface area (Å²) in [7, 11) is 1.49. The molecular formula is C31H27N3O4. The van der Waals surface area contributed by atoms with Crippen LogP contribution in [-0.4, -0.2) is 31.4 Å². The third-order valence-corrected chi connectivity index (χ3v) is 6.51. The number of rotatable bonds is 5. The van der Waals surface area contributed by atoms with Crippen molar-refractivity contribution in [2.24, 2.45) is 0 Å². The number of nitrogens with one attached hydrogen (secondary N) is 2. The summed E-state index contributed by atoms with van der Waals surface area (Å²) in [6.45, 7) is 2.27. The van der Waals surface area contributed by atoms with Gasteiger partial charge in [0.1, 0.15) is 5.75 Å². The molecule has 0 bridgehead atoms. The second-order valence-electron chi connectivity index (χ2n) is 9.05. The number of benzene rings is 4. The fraction of sp³-hybridized carbons (Fsp3) is 0.129. The standard InChI is InChI=1S/C31H27N3O4/c1-20-11-13-21(14-12-20)23-7-3-4-8-24(23)30(36)33-26-16-15-22(19-28(26)38-2)31(37)34-18-17-29(35)32-25-9-5-6-10-27(25)34/h3-16,19H,17-18H2,1-2H3,(H,32,35)(H,33,36). The van der Waals surface area contributed by atoms with E-state index in [9.17, 15) is 14.4 Å². The monoisotopic (exact) mass is 505 g/mol. The Hall–Kier alpha value is -4.91. The lowest BCUT2D eigenvalue weighted by Gasteiger charge is -2.22. The summed E-state index contributed by atoms with van der Waals surface area (Å²) in [4.78, 5) is 40.6. The number of carbonyl (C=O) groups excluding carboxylic acids is 3. The molecule has 7 nitrogen and oxygen atoms in total. The van der Waals surface area contributed by atoms with Crippen molar-refractivity contribution in [3.63, 3.8) is 0 Å². The molecule has 0 saturated carbocycles. The molecule has 7 heteroatoms. The Kier molecular flexibility index (Phi) is 6.91. The molecule has 38 heavy (non-hydrogen) atoms. The van der Waals surface area contributed by atoms with Crippen molar-refractivity contribution in [3.05, 3.63) is 108 Å². The Morgan fingerprint density at radius 2 is 1.66 bits per heavy atom. The van der Waals surface area contributed by atoms with Gasteiger partial charge in [-0.05, 0) is 54.4 Å². The van der Waals surface area contributed by atoms with E-state index in [0.29, 0.717) is 33.9 Å². The van der Waals surface area contributed by atoms with Gasteiger partial charge < -0.3 is 20.3 Å². The summed E-state index contributed by atoms with van der Waals surface area (Å²) < 4.78 is 5.55. The summed E-state index contributed by atoms with van der Waals surface area (Å²) in [6, 6.07) is 27.5. The number of methoxy groups -OCH3 is 1. The zero-order valence-corrected chi connectivity index (χ0v) is 21.2. The van der Waals surface area contributed by atoms with Crippen LogP contribution in [0.4, 0.5) is 17.1 Å². The van der Waals surface area contributed by atoms with Crippen LogP contribution in [-0.2, 0) is 4.79 Å². The van der Waals surface area contributed by atoms with E-state index in [1.807, 2.05) is 61.5 Å². The van der Waals surface area contributed by atoms with Crippen LogP contribution in [0, 0.1) is 6.92 Å². The number of nitrogens with zero attached hydrogens (tertiary/aromatic N) is 1. The highest BCUT2D eigenvalue weighted by atomic mass is 16.5. The Morgan fingerprint density at radius 1 is 0.921 bits per heavy atom. The van der Waals surface area contributed by atoms with E-state index in [1.54, 1.807) is 41.3 Å². The number of hydrogen-bond acceptors (Lipinski definition) is 4. The van der Waals surface area contributed by atoms with Crippen LogP contribution in [0.25, 0.3) is 11.1 Å². The van der Waals surface area contributed by atoms with Crippen molar-refractivity contribution in [3.8, 4) is 16.9 Å². The van der Waals surface area contributed by atoms with Crippen molar-refractivity contribution in [1.29, 1.82) is 0 Å². The molecule has 0 fully saturated rings. The first kappa shape index (κ1) is 24.8. The lowest BCUT2D eigenvalue weighted by molar-refractivity contribution is -0.115. The fourth-order valence-corrected chi connectivity index (χ4v) is 4.51. The van der Waals surface area contributed by atoms with E-state index in [4.69, 9.17) is 4.74 Å². The van der Waals surface area contributed by atoms with Gasteiger partial charge >= 0.3 is 0 Å². The molecule has 1 aliphatic heterocycles. The summed E-state index contributed by atoms with van der Waals surface area (Å²) in [5.41, 5.74) is 5.47. The highest BCUT2D eigenvalue weighted by Gasteiger charge is 2.25. The highest BCUT2D eigenvalue weighted by molar-refractivity contribution is 6.12. The Bertz CT molecular complexity index is 1530. The normalized spacial score (nSPS) is 12.7. The molecule has 0 spiro atoms. The summed E-state index contributed by atoms with van der Waals surface area (Å²) >= 11 is 0. The maximum atomic E-state index is 13.5. The lowest BCUT2D eigenvalue weighted by atomic mass is 9.98. The molecule has 0 aliphatic carbocycles. The molecule has 4 aromatic carbocycles. The average molecular weight is 506 g/mol. The van der Waals surface area contributed by atoms with Gasteiger partial charge in [-0.3, -0.25) is 14.4 Å². The minimum atomic E-state index is -0.287. The maximum Gasteiger partial charge on any atom is 0.258 e. The van der Waals surface area contributed by atoms with E-state index in [2.05, 4.69) is 10.6 Å². The Morgan fingerprint density at radius 3 is 2.45 bits per heavy atom. The molecule has 190 valence electrons. The summed E-state index contributed by atoms with van der Waals surface area (Å²) in [5, 5.41) is 5.77. The van der Waals surface area contributed by atoms with Crippen LogP contribution < -0.4 is 20.3 Å². The molecule has 0 radical (unpaired) electrons. The third-order valence-electron chi connectivity index (χ3n) is 6.51. The second-order valence-corrected chi connectivity index (χ2v) is 9.05. The van der Waals surface area contributed by atoms with Gasteiger partial charge in [0.05, 0.1) is 24.2 Å². The van der Waals surface area contributed by atoms with E-state index in [0.717, 1.165) is 16.7 Å². The van der Waals surface area contributed by atoms with Crippen molar-refractivity contribution in [2.45, 2.75) is 13.3 Å². The maximum absolute atomic E-state index is 13.5. The molecule has 5 rings (SSSR count). The molecule has 2 N–H and O–H groups in total. The minimum Gasteiger partial charge on any atom is -0.495 e. The Balaban J connectivity index is 1.41. The SMILES string of the molecule is COc1cc(C(=O)N2CCC(=O)Nc3ccccc32)ccc1NC(=O)c1ccccc1-c1ccc(C)cc1. The van der Waals surface area contributed by atoms with Gasteiger partial charge in [0.2, 0.25) is 5.91 Å². The lowest BCUT2D eigenvalue weighted by Crippen LogP contribution is -2.32. The van der Waals surface area contributed by atoms with Gasteiger partial charge in [-0.2, -0.15) is 0 Å². The number of fused-ring (bicyclic) bond motifs is 1. The van der Waals surface area contributed by atoms with Crippen LogP contribution in [0.15, 0.2) is 91.0 Å². The minimum absolute atomic E-state index is 0.144. The number of amides is 3. The first-order valence-corrected chi connectivity index (χ1v) is 12.3. The first-order valence-electron chi connectivity index (χ1n) is 12.3. The van der Waals surface area contributed by atoms with Gasteiger partial charge in [0, 0.05) is 24.1 Å². The zero-order valence-electron chi connectivity index (χ0n) is 21.2. The van der Waals surface area contributed by atoms with Crippen molar-refractivity contribution in [2.75, 3.05) is 29.2 Å². The predicted octanol–water partition coefficient (Wildman–Crippen LogP) is 5.91. The molecule has 0 aromatic heterocycles. The number of ether oxygens (including phenoxy) is 1. The van der Waals surface area contributed by atoms with Crippen molar-refractivity contribution >= 4 is 34.8 Å². The first-order chi connectivity index (χ1) is 18.4. The number of carbonyl (C=O) groups is 3. The molecule has 1 heterocycles. The quantitative estimate of drug-likeness (QED) is 0.353. The molecule has 0 unspecified atom stereocenters. The number of aryl methyl sites for hydroxylation is 1. The number of hydrogen-bond donors (Lipinski definition) is 2. The average Bonchev–Trinajstić information content (AvgIpc) is 3.11. The van der Waals surface area contributed by atoms with Crippen LogP contribution in [0.1, 0.15) is 32.7 Å². The zero-order chi connectivity index (χ0) is 26.6. The molecule has 0 saturated heterocycles. The molecule has 3 amide bonds. The van der Waals surface area contributed by atoms with Gasteiger partial charge in [-0.1, -0.05) is 60.2 Å². The molecule has 1 aliphatic rings. The van der Waals surface area contributed by atoms with Crippen molar-refractivity contribution < 1.29 is 19.1 Å². The van der Waals surface area contributed by atoms with E-state index in [1.165, 1.54) is 7.11 Å². The smallest absolute Gasteiger partial charge is 0.258 e. The fourth-order valence-electron chi connectivity index (χ4n) is 4.51. The largest absolute Gasteiger partial charge is 0.495 e. The Labute approximate surface area is 221 Å². The summed E-state index contributed by atoms with van der Waals surface area (Å²) in [5.74, 6) is -0.344. The third kappa shape index (κ3) is 4.99. The van der Waals surface area contributed by atoms with Gasteiger partial charge in [-0.15, -0.1) is 0 Å². The summed E-state index contributed by atoms with van der Waals surface area (Å²) in [6.07, 6.45) is 0.187. The molecule has 0 atom stereocenters. The van der Waals surface area contributed by atoms with E-state index < -0.39 is 0 Å². The van der Waals surface area contributed by atoms with Gasteiger partial charge in [0.15, 0.2) is 0 Å². The predicted molar refractivity (Wildman–Crippen MR) is 149 cm³/mol. The van der Waals surface area contributed by atoms with Crippen LogP contribution in [0.2, 0.25) is 0 Å². The second kappa shape index (κ2) is 10.6. The van der Waals surface area contributed by atoms with Crippen LogP contribution in [0.3, 0.4) is 0 Å². The highest BCUT2D eigenvalue weighted by Crippen LogP contribution is 2.32.